The predicted octanol–water partition coefficient (Wildman–Crippen LogP) is 1.54. The van der Waals surface area contributed by atoms with Crippen LogP contribution in [0.4, 0.5) is 0 Å². The molecule has 1 N–H and O–H groups in total. The number of ketones is 1. The molecule has 0 atom stereocenters. The Morgan fingerprint density at radius 3 is 2.33 bits per heavy atom. The van der Waals surface area contributed by atoms with Crippen molar-refractivity contribution >= 4 is 34.3 Å². The molecule has 98 valence electrons. The van der Waals surface area contributed by atoms with Crippen molar-refractivity contribution < 1.29 is 9.59 Å². The molecule has 5 heteroatoms. The first-order valence-electron chi connectivity index (χ1n) is 5.78. The van der Waals surface area contributed by atoms with Crippen molar-refractivity contribution in [1.29, 1.82) is 0 Å². The van der Waals surface area contributed by atoms with Gasteiger partial charge in [-0.2, -0.15) is 0 Å². The van der Waals surface area contributed by atoms with Crippen LogP contribution in [-0.4, -0.2) is 43.3 Å². The van der Waals surface area contributed by atoms with E-state index >= 15 is 0 Å². The van der Waals surface area contributed by atoms with Gasteiger partial charge in [-0.3, -0.25) is 14.5 Å². The zero-order chi connectivity index (χ0) is 13.5. The molecule has 1 rings (SSSR count). The first-order chi connectivity index (χ1) is 8.56. The summed E-state index contributed by atoms with van der Waals surface area (Å²) in [6.45, 7) is 3.13. The van der Waals surface area contributed by atoms with Gasteiger partial charge >= 0.3 is 0 Å². The van der Waals surface area contributed by atoms with Gasteiger partial charge in [-0.15, -0.1) is 0 Å². The Kier molecular flexibility index (Phi) is 6.28. The van der Waals surface area contributed by atoms with E-state index in [1.54, 1.807) is 7.05 Å². The number of benzene rings is 1. The summed E-state index contributed by atoms with van der Waals surface area (Å²) in [6.07, 6.45) is 0. The minimum absolute atomic E-state index is 0.0390. The Morgan fingerprint density at radius 2 is 1.83 bits per heavy atom. The number of likely N-dealkylation sites (N-methyl/N-ethyl adjacent to an activating group) is 2. The van der Waals surface area contributed by atoms with Gasteiger partial charge < -0.3 is 5.32 Å². The van der Waals surface area contributed by atoms with Crippen LogP contribution in [0.15, 0.2) is 24.3 Å². The van der Waals surface area contributed by atoms with E-state index in [1.807, 2.05) is 36.1 Å². The SMILES string of the molecule is CCN(CC(=O)NC)CC(=O)c1ccc(I)cc1. The van der Waals surface area contributed by atoms with Crippen molar-refractivity contribution in [1.82, 2.24) is 10.2 Å². The summed E-state index contributed by atoms with van der Waals surface area (Å²) in [6, 6.07) is 7.45. The van der Waals surface area contributed by atoms with Crippen LogP contribution in [-0.2, 0) is 4.79 Å². The van der Waals surface area contributed by atoms with Crippen LogP contribution in [0.5, 0.6) is 0 Å². The molecule has 0 bridgehead atoms. The number of amides is 1. The number of nitrogens with zero attached hydrogens (tertiary/aromatic N) is 1. The Morgan fingerprint density at radius 1 is 1.22 bits per heavy atom. The van der Waals surface area contributed by atoms with Crippen molar-refractivity contribution in [3.8, 4) is 0 Å². The fourth-order valence-electron chi connectivity index (χ4n) is 1.49. The van der Waals surface area contributed by atoms with Gasteiger partial charge in [0.15, 0.2) is 5.78 Å². The Balaban J connectivity index is 2.61. The summed E-state index contributed by atoms with van der Waals surface area (Å²) >= 11 is 2.20. The zero-order valence-electron chi connectivity index (χ0n) is 10.6. The number of halogens is 1. The molecule has 1 amide bonds. The first kappa shape index (κ1) is 15.1. The van der Waals surface area contributed by atoms with Crippen LogP contribution in [0, 0.1) is 3.57 Å². The van der Waals surface area contributed by atoms with Crippen LogP contribution in [0.1, 0.15) is 17.3 Å². The summed E-state index contributed by atoms with van der Waals surface area (Å²) in [7, 11) is 1.59. The fraction of sp³-hybridized carbons (Fsp3) is 0.385. The molecule has 0 aromatic heterocycles. The molecule has 1 aromatic carbocycles. The smallest absolute Gasteiger partial charge is 0.233 e. The van der Waals surface area contributed by atoms with Gasteiger partial charge in [0.25, 0.3) is 0 Å². The molecule has 0 unspecified atom stereocenters. The van der Waals surface area contributed by atoms with Crippen LogP contribution >= 0.6 is 22.6 Å². The van der Waals surface area contributed by atoms with Gasteiger partial charge in [0.05, 0.1) is 13.1 Å². The predicted molar refractivity (Wildman–Crippen MR) is 79.7 cm³/mol. The summed E-state index contributed by atoms with van der Waals surface area (Å²) in [5.74, 6) is -0.0376. The maximum atomic E-state index is 12.0. The van der Waals surface area contributed by atoms with Crippen molar-refractivity contribution in [2.75, 3.05) is 26.7 Å². The summed E-state index contributed by atoms with van der Waals surface area (Å²) < 4.78 is 1.10. The number of carbonyl (C=O) groups excluding carboxylic acids is 2. The molecule has 0 saturated carbocycles. The van der Waals surface area contributed by atoms with E-state index in [-0.39, 0.29) is 24.8 Å². The van der Waals surface area contributed by atoms with Crippen molar-refractivity contribution in [3.05, 3.63) is 33.4 Å². The molecule has 1 aromatic rings. The lowest BCUT2D eigenvalue weighted by Crippen LogP contribution is -2.38. The van der Waals surface area contributed by atoms with E-state index in [4.69, 9.17) is 0 Å². The maximum absolute atomic E-state index is 12.0. The number of carbonyl (C=O) groups is 2. The Labute approximate surface area is 121 Å². The highest BCUT2D eigenvalue weighted by Crippen LogP contribution is 2.08. The Hall–Kier alpha value is -0.950. The van der Waals surface area contributed by atoms with E-state index in [0.717, 1.165) is 3.57 Å². The number of hydrogen-bond donors (Lipinski definition) is 1. The molecular formula is C13H17IN2O2. The molecule has 18 heavy (non-hydrogen) atoms. The monoisotopic (exact) mass is 360 g/mol. The van der Waals surface area contributed by atoms with Crippen molar-refractivity contribution in [2.24, 2.45) is 0 Å². The molecule has 0 fully saturated rings. The van der Waals surface area contributed by atoms with Crippen LogP contribution < -0.4 is 5.32 Å². The number of rotatable bonds is 6. The second-order valence-corrected chi connectivity index (χ2v) is 5.15. The molecule has 0 radical (unpaired) electrons. The van der Waals surface area contributed by atoms with Crippen molar-refractivity contribution in [2.45, 2.75) is 6.92 Å². The van der Waals surface area contributed by atoms with Crippen LogP contribution in [0.25, 0.3) is 0 Å². The normalized spacial score (nSPS) is 10.4. The van der Waals surface area contributed by atoms with E-state index in [9.17, 15) is 9.59 Å². The highest BCUT2D eigenvalue weighted by atomic mass is 127. The largest absolute Gasteiger partial charge is 0.358 e. The maximum Gasteiger partial charge on any atom is 0.233 e. The van der Waals surface area contributed by atoms with Gasteiger partial charge in [-0.1, -0.05) is 19.1 Å². The lowest BCUT2D eigenvalue weighted by Gasteiger charge is -2.18. The summed E-state index contributed by atoms with van der Waals surface area (Å²) in [5.41, 5.74) is 0.686. The quantitative estimate of drug-likeness (QED) is 0.619. The highest BCUT2D eigenvalue weighted by Gasteiger charge is 2.13. The highest BCUT2D eigenvalue weighted by molar-refractivity contribution is 14.1. The molecule has 0 spiro atoms. The first-order valence-corrected chi connectivity index (χ1v) is 6.86. The second kappa shape index (κ2) is 7.48. The molecule has 0 aliphatic carbocycles. The molecule has 0 heterocycles. The standard InChI is InChI=1S/C13H17IN2O2/c1-3-16(9-13(18)15-2)8-12(17)10-4-6-11(14)7-5-10/h4-7H,3,8-9H2,1-2H3,(H,15,18). The third-order valence-corrected chi connectivity index (χ3v) is 3.35. The van der Waals surface area contributed by atoms with Gasteiger partial charge in [-0.25, -0.2) is 0 Å². The Bertz CT molecular complexity index is 418. The van der Waals surface area contributed by atoms with Crippen LogP contribution in [0.2, 0.25) is 0 Å². The number of hydrogen-bond acceptors (Lipinski definition) is 3. The fourth-order valence-corrected chi connectivity index (χ4v) is 1.85. The van der Waals surface area contributed by atoms with E-state index in [1.165, 1.54) is 0 Å². The van der Waals surface area contributed by atoms with E-state index < -0.39 is 0 Å². The molecule has 0 aliphatic heterocycles. The number of Topliss-reactive ketones (excluding diaryl/α,β-unsaturated/α-hetero) is 1. The molecular weight excluding hydrogens is 343 g/mol. The summed E-state index contributed by atoms with van der Waals surface area (Å²) in [4.78, 5) is 25.1. The molecule has 0 saturated heterocycles. The van der Waals surface area contributed by atoms with Crippen molar-refractivity contribution in [3.63, 3.8) is 0 Å². The average Bonchev–Trinajstić information content (AvgIpc) is 2.38. The minimum atomic E-state index is -0.0766. The summed E-state index contributed by atoms with van der Waals surface area (Å²) in [5, 5.41) is 2.56. The topological polar surface area (TPSA) is 49.4 Å². The number of nitrogens with one attached hydrogen (secondary N) is 1. The minimum Gasteiger partial charge on any atom is -0.358 e. The van der Waals surface area contributed by atoms with Gasteiger partial charge in [0.1, 0.15) is 0 Å². The second-order valence-electron chi connectivity index (χ2n) is 3.91. The average molecular weight is 360 g/mol. The van der Waals surface area contributed by atoms with E-state index in [0.29, 0.717) is 12.1 Å². The third-order valence-electron chi connectivity index (χ3n) is 2.63. The van der Waals surface area contributed by atoms with Gasteiger partial charge in [-0.05, 0) is 41.3 Å². The molecule has 4 nitrogen and oxygen atoms in total. The zero-order valence-corrected chi connectivity index (χ0v) is 12.7. The van der Waals surface area contributed by atoms with Gasteiger partial charge in [0.2, 0.25) is 5.91 Å². The van der Waals surface area contributed by atoms with Gasteiger partial charge in [0, 0.05) is 16.2 Å². The lowest BCUT2D eigenvalue weighted by atomic mass is 10.1. The third kappa shape index (κ3) is 4.73. The van der Waals surface area contributed by atoms with Crippen LogP contribution in [0.3, 0.4) is 0 Å². The lowest BCUT2D eigenvalue weighted by molar-refractivity contribution is -0.121. The molecule has 0 aliphatic rings. The van der Waals surface area contributed by atoms with E-state index in [2.05, 4.69) is 27.9 Å².